The van der Waals surface area contributed by atoms with Gasteiger partial charge < -0.3 is 10.5 Å². The quantitative estimate of drug-likeness (QED) is 0.884. The van der Waals surface area contributed by atoms with Crippen LogP contribution in [0.2, 0.25) is 0 Å². The Bertz CT molecular complexity index is 488. The highest BCUT2D eigenvalue weighted by Gasteiger charge is 2.04. The SMILES string of the molecule is COc1ccccc1Sc1cc(N)ccn1. The molecular formula is C12H12N2OS. The highest BCUT2D eigenvalue weighted by atomic mass is 32.2. The van der Waals surface area contributed by atoms with Crippen LogP contribution in [0.15, 0.2) is 52.5 Å². The largest absolute Gasteiger partial charge is 0.496 e. The molecule has 82 valence electrons. The first kappa shape index (κ1) is 10.8. The molecule has 0 unspecified atom stereocenters. The molecule has 0 fully saturated rings. The van der Waals surface area contributed by atoms with Crippen molar-refractivity contribution in [1.29, 1.82) is 0 Å². The van der Waals surface area contributed by atoms with E-state index in [0.717, 1.165) is 15.7 Å². The van der Waals surface area contributed by atoms with Gasteiger partial charge in [-0.2, -0.15) is 0 Å². The summed E-state index contributed by atoms with van der Waals surface area (Å²) in [7, 11) is 1.66. The van der Waals surface area contributed by atoms with Crippen molar-refractivity contribution in [1.82, 2.24) is 4.98 Å². The highest BCUT2D eigenvalue weighted by molar-refractivity contribution is 7.99. The molecule has 0 saturated heterocycles. The second-order valence-electron chi connectivity index (χ2n) is 3.18. The van der Waals surface area contributed by atoms with Gasteiger partial charge in [-0.3, -0.25) is 0 Å². The van der Waals surface area contributed by atoms with Crippen LogP contribution in [0.5, 0.6) is 5.75 Å². The van der Waals surface area contributed by atoms with E-state index in [1.165, 1.54) is 11.8 Å². The number of nitrogens with two attached hydrogens (primary N) is 1. The van der Waals surface area contributed by atoms with Crippen LogP contribution in [0.4, 0.5) is 5.69 Å². The molecule has 16 heavy (non-hydrogen) atoms. The molecule has 2 N–H and O–H groups in total. The fourth-order valence-electron chi connectivity index (χ4n) is 1.30. The number of nitrogen functional groups attached to an aromatic ring is 1. The molecule has 0 bridgehead atoms. The lowest BCUT2D eigenvalue weighted by atomic mass is 10.3. The van der Waals surface area contributed by atoms with Gasteiger partial charge in [0.25, 0.3) is 0 Å². The predicted octanol–water partition coefficient (Wildman–Crippen LogP) is 2.82. The molecule has 3 nitrogen and oxygen atoms in total. The van der Waals surface area contributed by atoms with Crippen molar-refractivity contribution >= 4 is 17.4 Å². The third-order valence-corrected chi connectivity index (χ3v) is 3.03. The molecule has 0 radical (unpaired) electrons. The number of benzene rings is 1. The normalized spacial score (nSPS) is 10.1. The first-order valence-corrected chi connectivity index (χ1v) is 5.63. The molecule has 0 spiro atoms. The average molecular weight is 232 g/mol. The molecule has 0 atom stereocenters. The Morgan fingerprint density at radius 3 is 2.81 bits per heavy atom. The summed E-state index contributed by atoms with van der Waals surface area (Å²) >= 11 is 1.54. The fraction of sp³-hybridized carbons (Fsp3) is 0.0833. The Kier molecular flexibility index (Phi) is 3.31. The average Bonchev–Trinajstić information content (AvgIpc) is 2.30. The van der Waals surface area contributed by atoms with Gasteiger partial charge in [-0.05, 0) is 24.3 Å². The Hall–Kier alpha value is -1.68. The van der Waals surface area contributed by atoms with Gasteiger partial charge >= 0.3 is 0 Å². The molecule has 2 aromatic rings. The van der Waals surface area contributed by atoms with Crippen molar-refractivity contribution < 1.29 is 4.74 Å². The zero-order valence-electron chi connectivity index (χ0n) is 8.88. The Labute approximate surface area is 98.6 Å². The summed E-state index contributed by atoms with van der Waals surface area (Å²) in [6.45, 7) is 0. The third kappa shape index (κ3) is 2.46. The minimum absolute atomic E-state index is 0.715. The van der Waals surface area contributed by atoms with E-state index in [2.05, 4.69) is 4.98 Å². The van der Waals surface area contributed by atoms with Crippen LogP contribution in [-0.4, -0.2) is 12.1 Å². The Balaban J connectivity index is 2.26. The summed E-state index contributed by atoms with van der Waals surface area (Å²) in [6, 6.07) is 11.4. The molecule has 2 rings (SSSR count). The van der Waals surface area contributed by atoms with Gasteiger partial charge in [-0.15, -0.1) is 0 Å². The van der Waals surface area contributed by atoms with E-state index in [0.29, 0.717) is 5.69 Å². The predicted molar refractivity (Wildman–Crippen MR) is 65.8 cm³/mol. The number of anilines is 1. The minimum atomic E-state index is 0.715. The second-order valence-corrected chi connectivity index (χ2v) is 4.24. The van der Waals surface area contributed by atoms with Crippen molar-refractivity contribution in [2.24, 2.45) is 0 Å². The third-order valence-electron chi connectivity index (χ3n) is 2.04. The van der Waals surface area contributed by atoms with Crippen LogP contribution in [-0.2, 0) is 0 Å². The van der Waals surface area contributed by atoms with Crippen LogP contribution in [0, 0.1) is 0 Å². The van der Waals surface area contributed by atoms with Gasteiger partial charge in [0.2, 0.25) is 0 Å². The first-order chi connectivity index (χ1) is 7.79. The number of methoxy groups -OCH3 is 1. The lowest BCUT2D eigenvalue weighted by Crippen LogP contribution is -1.88. The summed E-state index contributed by atoms with van der Waals surface area (Å²) in [6.07, 6.45) is 1.70. The number of nitrogens with zero attached hydrogens (tertiary/aromatic N) is 1. The smallest absolute Gasteiger partial charge is 0.132 e. The summed E-state index contributed by atoms with van der Waals surface area (Å²) in [5.74, 6) is 0.844. The number of pyridine rings is 1. The molecule has 0 aliphatic rings. The lowest BCUT2D eigenvalue weighted by molar-refractivity contribution is 0.405. The van der Waals surface area contributed by atoms with E-state index >= 15 is 0 Å². The van der Waals surface area contributed by atoms with E-state index in [-0.39, 0.29) is 0 Å². The monoisotopic (exact) mass is 232 g/mol. The van der Waals surface area contributed by atoms with E-state index in [9.17, 15) is 0 Å². The summed E-state index contributed by atoms with van der Waals surface area (Å²) < 4.78 is 5.27. The molecule has 0 amide bonds. The van der Waals surface area contributed by atoms with Crippen LogP contribution in [0.25, 0.3) is 0 Å². The van der Waals surface area contributed by atoms with E-state index < -0.39 is 0 Å². The van der Waals surface area contributed by atoms with Gasteiger partial charge in [-0.1, -0.05) is 23.9 Å². The number of hydrogen-bond donors (Lipinski definition) is 1. The van der Waals surface area contributed by atoms with Crippen LogP contribution >= 0.6 is 11.8 Å². The summed E-state index contributed by atoms with van der Waals surface area (Å²) in [4.78, 5) is 5.27. The van der Waals surface area contributed by atoms with Crippen molar-refractivity contribution in [3.8, 4) is 5.75 Å². The van der Waals surface area contributed by atoms with Crippen molar-refractivity contribution in [2.45, 2.75) is 9.92 Å². The maximum absolute atomic E-state index is 5.70. The van der Waals surface area contributed by atoms with E-state index in [1.54, 1.807) is 19.4 Å². The van der Waals surface area contributed by atoms with Gasteiger partial charge in [0.15, 0.2) is 0 Å². The lowest BCUT2D eigenvalue weighted by Gasteiger charge is -2.06. The zero-order chi connectivity index (χ0) is 11.4. The van der Waals surface area contributed by atoms with Crippen LogP contribution in [0.3, 0.4) is 0 Å². The minimum Gasteiger partial charge on any atom is -0.496 e. The van der Waals surface area contributed by atoms with Crippen LogP contribution in [0.1, 0.15) is 0 Å². The molecule has 0 saturated carbocycles. The molecule has 0 aliphatic carbocycles. The van der Waals surface area contributed by atoms with Gasteiger partial charge in [0.1, 0.15) is 10.8 Å². The maximum atomic E-state index is 5.70. The molecule has 4 heteroatoms. The molecule has 1 aromatic carbocycles. The standard InChI is InChI=1S/C12H12N2OS/c1-15-10-4-2-3-5-11(10)16-12-8-9(13)6-7-14-12/h2-8H,1H3,(H2,13,14). The molecule has 1 heterocycles. The highest BCUT2D eigenvalue weighted by Crippen LogP contribution is 2.33. The maximum Gasteiger partial charge on any atom is 0.132 e. The van der Waals surface area contributed by atoms with E-state index in [4.69, 9.17) is 10.5 Å². The van der Waals surface area contributed by atoms with E-state index in [1.807, 2.05) is 30.3 Å². The van der Waals surface area contributed by atoms with Gasteiger partial charge in [0, 0.05) is 11.9 Å². The number of aromatic nitrogens is 1. The topological polar surface area (TPSA) is 48.1 Å². The number of para-hydroxylation sites is 1. The second kappa shape index (κ2) is 4.90. The zero-order valence-corrected chi connectivity index (χ0v) is 9.70. The number of hydrogen-bond acceptors (Lipinski definition) is 4. The number of ether oxygens (including phenoxy) is 1. The van der Waals surface area contributed by atoms with Crippen molar-refractivity contribution in [3.05, 3.63) is 42.6 Å². The number of rotatable bonds is 3. The van der Waals surface area contributed by atoms with Crippen molar-refractivity contribution in [3.63, 3.8) is 0 Å². The van der Waals surface area contributed by atoms with Gasteiger partial charge in [-0.25, -0.2) is 4.98 Å². The summed E-state index contributed by atoms with van der Waals surface area (Å²) in [5.41, 5.74) is 6.41. The fourth-order valence-corrected chi connectivity index (χ4v) is 2.23. The molecular weight excluding hydrogens is 220 g/mol. The van der Waals surface area contributed by atoms with Gasteiger partial charge in [0.05, 0.1) is 12.0 Å². The first-order valence-electron chi connectivity index (χ1n) is 4.82. The molecule has 0 aliphatic heterocycles. The Morgan fingerprint density at radius 1 is 1.25 bits per heavy atom. The van der Waals surface area contributed by atoms with Crippen molar-refractivity contribution in [2.75, 3.05) is 12.8 Å². The Morgan fingerprint density at radius 2 is 2.06 bits per heavy atom. The molecule has 1 aromatic heterocycles. The van der Waals surface area contributed by atoms with Crippen LogP contribution < -0.4 is 10.5 Å². The summed E-state index contributed by atoms with van der Waals surface area (Å²) in [5, 5.41) is 0.865.